The van der Waals surface area contributed by atoms with Crippen LogP contribution in [0.4, 0.5) is 0 Å². The summed E-state index contributed by atoms with van der Waals surface area (Å²) in [5, 5.41) is 12.4. The van der Waals surface area contributed by atoms with E-state index in [2.05, 4.69) is 16.4 Å². The second kappa shape index (κ2) is 9.35. The van der Waals surface area contributed by atoms with Gasteiger partial charge in [0.1, 0.15) is 29.9 Å². The lowest BCUT2D eigenvalue weighted by molar-refractivity contribution is -0.140. The molecule has 0 saturated carbocycles. The summed E-state index contributed by atoms with van der Waals surface area (Å²) in [6.07, 6.45) is 2.39. The average molecular weight is 421 g/mol. The first-order valence-corrected chi connectivity index (χ1v) is 10.7. The monoisotopic (exact) mass is 420 g/mol. The molecule has 4 rings (SSSR count). The summed E-state index contributed by atoms with van der Waals surface area (Å²) in [6, 6.07) is 15.5. The zero-order valence-electron chi connectivity index (χ0n) is 17.9. The van der Waals surface area contributed by atoms with Crippen LogP contribution in [0.1, 0.15) is 35.4 Å². The van der Waals surface area contributed by atoms with Gasteiger partial charge in [0.25, 0.3) is 0 Å². The van der Waals surface area contributed by atoms with Gasteiger partial charge in [-0.1, -0.05) is 36.4 Å². The van der Waals surface area contributed by atoms with E-state index < -0.39 is 12.0 Å². The van der Waals surface area contributed by atoms with Gasteiger partial charge in [-0.05, 0) is 68.8 Å². The molecule has 2 heterocycles. The molecular weight excluding hydrogens is 392 g/mol. The van der Waals surface area contributed by atoms with Crippen LogP contribution in [0.5, 0.6) is 5.75 Å². The molecule has 6 nitrogen and oxygen atoms in total. The van der Waals surface area contributed by atoms with Crippen LogP contribution in [-0.2, 0) is 17.8 Å². The molecule has 162 valence electrons. The number of nitrogens with one attached hydrogen (secondary N) is 1. The predicted molar refractivity (Wildman–Crippen MR) is 118 cm³/mol. The highest BCUT2D eigenvalue weighted by atomic mass is 16.5. The number of oxazole rings is 1. The van der Waals surface area contributed by atoms with Crippen molar-refractivity contribution in [3.63, 3.8) is 0 Å². The Hall–Kier alpha value is -3.12. The van der Waals surface area contributed by atoms with Gasteiger partial charge in [-0.15, -0.1) is 0 Å². The molecule has 1 saturated heterocycles. The van der Waals surface area contributed by atoms with E-state index in [0.29, 0.717) is 24.8 Å². The number of aryl methyl sites for hydroxylation is 2. The summed E-state index contributed by atoms with van der Waals surface area (Å²) in [6.45, 7) is 4.99. The second-order valence-corrected chi connectivity index (χ2v) is 8.17. The maximum atomic E-state index is 11.3. The Labute approximate surface area is 182 Å². The Kier molecular flexibility index (Phi) is 6.37. The van der Waals surface area contributed by atoms with E-state index in [0.717, 1.165) is 53.3 Å². The summed E-state index contributed by atoms with van der Waals surface area (Å²) in [7, 11) is 0. The number of nitrogens with zero attached hydrogens (tertiary/aromatic N) is 1. The van der Waals surface area contributed by atoms with E-state index in [1.165, 1.54) is 0 Å². The number of piperidine rings is 1. The minimum Gasteiger partial charge on any atom is -0.487 e. The molecule has 0 amide bonds. The van der Waals surface area contributed by atoms with Gasteiger partial charge in [0, 0.05) is 5.56 Å². The van der Waals surface area contributed by atoms with Crippen molar-refractivity contribution in [2.45, 2.75) is 45.8 Å². The highest BCUT2D eigenvalue weighted by molar-refractivity contribution is 5.73. The number of aromatic nitrogens is 1. The lowest BCUT2D eigenvalue weighted by Gasteiger charge is -2.28. The number of hydrogen-bond acceptors (Lipinski definition) is 5. The van der Waals surface area contributed by atoms with Crippen LogP contribution in [0.15, 0.2) is 52.9 Å². The van der Waals surface area contributed by atoms with Crippen molar-refractivity contribution in [3.8, 4) is 17.2 Å². The fourth-order valence-electron chi connectivity index (χ4n) is 4.13. The fraction of sp³-hybridized carbons (Fsp3) is 0.360. The summed E-state index contributed by atoms with van der Waals surface area (Å²) in [5.41, 5.74) is 3.97. The third kappa shape index (κ3) is 4.97. The third-order valence-corrected chi connectivity index (χ3v) is 5.92. The molecule has 2 atom stereocenters. The number of rotatable bonds is 7. The highest BCUT2D eigenvalue weighted by Crippen LogP contribution is 2.29. The molecule has 1 aliphatic rings. The molecule has 1 aromatic heterocycles. The molecule has 3 aromatic rings. The fourth-order valence-corrected chi connectivity index (χ4v) is 4.13. The Morgan fingerprint density at radius 3 is 2.77 bits per heavy atom. The Morgan fingerprint density at radius 2 is 1.97 bits per heavy atom. The van der Waals surface area contributed by atoms with Crippen molar-refractivity contribution in [1.82, 2.24) is 10.3 Å². The molecule has 6 heteroatoms. The van der Waals surface area contributed by atoms with Crippen LogP contribution in [0.25, 0.3) is 11.5 Å². The van der Waals surface area contributed by atoms with Crippen molar-refractivity contribution >= 4 is 5.97 Å². The van der Waals surface area contributed by atoms with Crippen molar-refractivity contribution < 1.29 is 19.1 Å². The predicted octanol–water partition coefficient (Wildman–Crippen LogP) is 4.53. The lowest BCUT2D eigenvalue weighted by atomic mass is 9.87. The number of benzene rings is 2. The Bertz CT molecular complexity index is 1060. The van der Waals surface area contributed by atoms with Crippen molar-refractivity contribution in [1.29, 1.82) is 0 Å². The van der Waals surface area contributed by atoms with Gasteiger partial charge in [0.05, 0.1) is 0 Å². The van der Waals surface area contributed by atoms with Gasteiger partial charge in [-0.3, -0.25) is 4.79 Å². The maximum Gasteiger partial charge on any atom is 0.320 e. The van der Waals surface area contributed by atoms with Gasteiger partial charge >= 0.3 is 5.97 Å². The molecule has 0 bridgehead atoms. The van der Waals surface area contributed by atoms with Crippen molar-refractivity contribution in [2.75, 3.05) is 6.54 Å². The first kappa shape index (κ1) is 21.1. The zero-order valence-corrected chi connectivity index (χ0v) is 17.9. The normalized spacial score (nSPS) is 18.6. The number of carboxylic acids is 1. The van der Waals surface area contributed by atoms with E-state index in [4.69, 9.17) is 9.15 Å². The minimum absolute atomic E-state index is 0.313. The minimum atomic E-state index is -0.778. The van der Waals surface area contributed by atoms with Crippen LogP contribution in [0.3, 0.4) is 0 Å². The molecular formula is C25H28N2O4. The first-order valence-electron chi connectivity index (χ1n) is 10.7. The van der Waals surface area contributed by atoms with E-state index in [9.17, 15) is 9.90 Å². The zero-order chi connectivity index (χ0) is 21.8. The first-order chi connectivity index (χ1) is 15.0. The topological polar surface area (TPSA) is 84.6 Å². The van der Waals surface area contributed by atoms with E-state index >= 15 is 0 Å². The average Bonchev–Trinajstić information content (AvgIpc) is 3.14. The molecule has 1 unspecified atom stereocenters. The lowest BCUT2D eigenvalue weighted by Crippen LogP contribution is -2.43. The molecule has 0 radical (unpaired) electrons. The summed E-state index contributed by atoms with van der Waals surface area (Å²) in [5.74, 6) is 1.71. The van der Waals surface area contributed by atoms with Gasteiger partial charge in [0.15, 0.2) is 0 Å². The molecule has 0 aliphatic carbocycles. The van der Waals surface area contributed by atoms with Crippen LogP contribution in [0, 0.1) is 19.8 Å². The van der Waals surface area contributed by atoms with Crippen LogP contribution in [-0.4, -0.2) is 28.6 Å². The van der Waals surface area contributed by atoms with Crippen LogP contribution < -0.4 is 10.1 Å². The smallest absolute Gasteiger partial charge is 0.320 e. The number of aliphatic carboxylic acids is 1. The number of para-hydroxylation sites is 1. The Balaban J connectivity index is 1.45. The molecule has 1 fully saturated rings. The van der Waals surface area contributed by atoms with Crippen LogP contribution >= 0.6 is 0 Å². The summed E-state index contributed by atoms with van der Waals surface area (Å²) >= 11 is 0. The van der Waals surface area contributed by atoms with Crippen LogP contribution in [0.2, 0.25) is 0 Å². The summed E-state index contributed by atoms with van der Waals surface area (Å²) < 4.78 is 12.0. The SMILES string of the molecule is Cc1ccccc1-c1nc(COc2ccccc2CC2CCN[C@@H](C(=O)O)C2)c(C)o1. The highest BCUT2D eigenvalue weighted by Gasteiger charge is 2.27. The van der Waals surface area contributed by atoms with E-state index in [1.807, 2.05) is 56.3 Å². The molecule has 0 spiro atoms. The van der Waals surface area contributed by atoms with Crippen molar-refractivity contribution in [3.05, 3.63) is 71.1 Å². The van der Waals surface area contributed by atoms with E-state index in [-0.39, 0.29) is 0 Å². The number of ether oxygens (including phenoxy) is 1. The summed E-state index contributed by atoms with van der Waals surface area (Å²) in [4.78, 5) is 16.0. The molecule has 1 aliphatic heterocycles. The molecule has 31 heavy (non-hydrogen) atoms. The molecule has 2 aromatic carbocycles. The largest absolute Gasteiger partial charge is 0.487 e. The number of carbonyl (C=O) groups is 1. The van der Waals surface area contributed by atoms with Crippen molar-refractivity contribution in [2.24, 2.45) is 5.92 Å². The quantitative estimate of drug-likeness (QED) is 0.584. The number of carboxylic acid groups (broad SMARTS) is 1. The number of hydrogen-bond donors (Lipinski definition) is 2. The van der Waals surface area contributed by atoms with Gasteiger partial charge in [0.2, 0.25) is 5.89 Å². The maximum absolute atomic E-state index is 11.3. The van der Waals surface area contributed by atoms with Gasteiger partial charge in [-0.2, -0.15) is 0 Å². The second-order valence-electron chi connectivity index (χ2n) is 8.17. The third-order valence-electron chi connectivity index (χ3n) is 5.92. The van der Waals surface area contributed by atoms with Gasteiger partial charge < -0.3 is 19.6 Å². The van der Waals surface area contributed by atoms with Gasteiger partial charge in [-0.25, -0.2) is 4.98 Å². The standard InChI is InChI=1S/C25H28N2O4/c1-16-7-3-5-9-20(16)24-27-22(17(2)31-24)15-30-23-10-6-4-8-19(23)13-18-11-12-26-21(14-18)25(28)29/h3-10,18,21,26H,11-15H2,1-2H3,(H,28,29)/t18?,21-/m1/s1. The molecule has 2 N–H and O–H groups in total. The van der Waals surface area contributed by atoms with E-state index in [1.54, 1.807) is 0 Å². The Morgan fingerprint density at radius 1 is 1.19 bits per heavy atom.